The summed E-state index contributed by atoms with van der Waals surface area (Å²) in [6, 6.07) is 6.15. The summed E-state index contributed by atoms with van der Waals surface area (Å²) in [5.41, 5.74) is 3.18. The molecule has 3 nitrogen and oxygen atoms in total. The van der Waals surface area contributed by atoms with Gasteiger partial charge in [0.05, 0.1) is 17.6 Å². The Hall–Kier alpha value is -1.06. The van der Waals surface area contributed by atoms with Crippen LogP contribution in [0.15, 0.2) is 18.2 Å². The van der Waals surface area contributed by atoms with Crippen molar-refractivity contribution in [3.8, 4) is 0 Å². The first-order valence-electron chi connectivity index (χ1n) is 7.63. The summed E-state index contributed by atoms with van der Waals surface area (Å²) >= 11 is 5.94. The Morgan fingerprint density at radius 1 is 1.38 bits per heavy atom. The standard InChI is InChI=1S/C17H22ClNO2/c1-17(2)11-19(10-15(9-18)21-17)16(20)14-7-6-12-4-3-5-13(12)8-14/h6-8,15H,3-5,9-11H2,1-2H3. The molecule has 0 bridgehead atoms. The van der Waals surface area contributed by atoms with Gasteiger partial charge in [-0.3, -0.25) is 4.79 Å². The van der Waals surface area contributed by atoms with Crippen LogP contribution in [0.4, 0.5) is 0 Å². The van der Waals surface area contributed by atoms with Crippen LogP contribution in [0.3, 0.4) is 0 Å². The second-order valence-corrected chi connectivity index (χ2v) is 6.99. The Morgan fingerprint density at radius 2 is 2.14 bits per heavy atom. The Labute approximate surface area is 131 Å². The number of halogens is 1. The van der Waals surface area contributed by atoms with Crippen molar-refractivity contribution in [1.29, 1.82) is 0 Å². The molecule has 1 heterocycles. The number of ether oxygens (including phenoxy) is 1. The van der Waals surface area contributed by atoms with E-state index in [2.05, 4.69) is 12.1 Å². The topological polar surface area (TPSA) is 29.5 Å². The number of rotatable bonds is 2. The van der Waals surface area contributed by atoms with Crippen LogP contribution in [-0.4, -0.2) is 41.5 Å². The highest BCUT2D eigenvalue weighted by Gasteiger charge is 2.35. The molecule has 1 saturated heterocycles. The average molecular weight is 308 g/mol. The van der Waals surface area contributed by atoms with Crippen molar-refractivity contribution in [1.82, 2.24) is 4.90 Å². The van der Waals surface area contributed by atoms with Gasteiger partial charge in [0.1, 0.15) is 0 Å². The molecule has 0 N–H and O–H groups in total. The normalized spacial score (nSPS) is 24.0. The van der Waals surface area contributed by atoms with E-state index in [4.69, 9.17) is 16.3 Å². The number of carbonyl (C=O) groups excluding carboxylic acids is 1. The minimum Gasteiger partial charge on any atom is -0.367 e. The van der Waals surface area contributed by atoms with Crippen LogP contribution in [0.5, 0.6) is 0 Å². The third-order valence-electron chi connectivity index (χ3n) is 4.29. The lowest BCUT2D eigenvalue weighted by molar-refractivity contribution is -0.117. The number of hydrogen-bond donors (Lipinski definition) is 0. The molecule has 1 aliphatic heterocycles. The van der Waals surface area contributed by atoms with Crippen molar-refractivity contribution in [2.75, 3.05) is 19.0 Å². The molecule has 0 saturated carbocycles. The number of fused-ring (bicyclic) bond motifs is 1. The van der Waals surface area contributed by atoms with E-state index in [0.29, 0.717) is 19.0 Å². The van der Waals surface area contributed by atoms with Gasteiger partial charge in [0.25, 0.3) is 5.91 Å². The summed E-state index contributed by atoms with van der Waals surface area (Å²) in [5.74, 6) is 0.508. The quantitative estimate of drug-likeness (QED) is 0.786. The molecule has 4 heteroatoms. The molecular weight excluding hydrogens is 286 g/mol. The van der Waals surface area contributed by atoms with E-state index in [1.807, 2.05) is 24.8 Å². The zero-order valence-electron chi connectivity index (χ0n) is 12.7. The molecule has 1 aliphatic carbocycles. The van der Waals surface area contributed by atoms with E-state index < -0.39 is 0 Å². The molecule has 21 heavy (non-hydrogen) atoms. The molecule has 1 fully saturated rings. The first kappa shape index (κ1) is 14.9. The zero-order valence-corrected chi connectivity index (χ0v) is 13.4. The van der Waals surface area contributed by atoms with Gasteiger partial charge in [0, 0.05) is 18.7 Å². The molecule has 1 atom stereocenters. The van der Waals surface area contributed by atoms with Crippen LogP contribution in [-0.2, 0) is 17.6 Å². The Bertz CT molecular complexity index is 556. The van der Waals surface area contributed by atoms with Crippen LogP contribution >= 0.6 is 11.6 Å². The predicted octanol–water partition coefficient (Wildman–Crippen LogP) is 3.03. The van der Waals surface area contributed by atoms with Gasteiger partial charge in [0.15, 0.2) is 0 Å². The highest BCUT2D eigenvalue weighted by molar-refractivity contribution is 6.18. The Morgan fingerprint density at radius 3 is 2.90 bits per heavy atom. The van der Waals surface area contributed by atoms with Gasteiger partial charge in [-0.2, -0.15) is 0 Å². The van der Waals surface area contributed by atoms with Gasteiger partial charge in [0.2, 0.25) is 0 Å². The lowest BCUT2D eigenvalue weighted by Gasteiger charge is -2.42. The van der Waals surface area contributed by atoms with Crippen molar-refractivity contribution < 1.29 is 9.53 Å². The lowest BCUT2D eigenvalue weighted by Crippen LogP contribution is -2.55. The molecule has 0 aromatic heterocycles. The van der Waals surface area contributed by atoms with Crippen molar-refractivity contribution in [2.24, 2.45) is 0 Å². The average Bonchev–Trinajstić information content (AvgIpc) is 2.92. The predicted molar refractivity (Wildman–Crippen MR) is 84.0 cm³/mol. The molecule has 0 spiro atoms. The fraction of sp³-hybridized carbons (Fsp3) is 0.588. The summed E-state index contributed by atoms with van der Waals surface area (Å²) in [6.07, 6.45) is 3.35. The molecule has 2 aliphatic rings. The van der Waals surface area contributed by atoms with E-state index in [-0.39, 0.29) is 17.6 Å². The highest BCUT2D eigenvalue weighted by atomic mass is 35.5. The van der Waals surface area contributed by atoms with Crippen LogP contribution in [0, 0.1) is 0 Å². The zero-order chi connectivity index (χ0) is 15.0. The van der Waals surface area contributed by atoms with Crippen LogP contribution in [0.1, 0.15) is 41.8 Å². The van der Waals surface area contributed by atoms with E-state index in [0.717, 1.165) is 18.4 Å². The number of morpholine rings is 1. The number of benzene rings is 1. The van der Waals surface area contributed by atoms with Gasteiger partial charge >= 0.3 is 0 Å². The molecule has 1 aromatic rings. The summed E-state index contributed by atoms with van der Waals surface area (Å²) in [6.45, 7) is 5.20. The van der Waals surface area contributed by atoms with Gasteiger partial charge in [-0.05, 0) is 56.4 Å². The van der Waals surface area contributed by atoms with Crippen LogP contribution in [0.25, 0.3) is 0 Å². The Kier molecular flexibility index (Phi) is 3.98. The second-order valence-electron chi connectivity index (χ2n) is 6.68. The van der Waals surface area contributed by atoms with Gasteiger partial charge in [-0.15, -0.1) is 11.6 Å². The first-order chi connectivity index (χ1) is 9.98. The fourth-order valence-corrected chi connectivity index (χ4v) is 3.58. The number of aryl methyl sites for hydroxylation is 2. The SMILES string of the molecule is CC1(C)CN(C(=O)c2ccc3c(c2)CCC3)CC(CCl)O1. The first-order valence-corrected chi connectivity index (χ1v) is 8.17. The summed E-state index contributed by atoms with van der Waals surface area (Å²) in [7, 11) is 0. The molecular formula is C17H22ClNO2. The van der Waals surface area contributed by atoms with Crippen LogP contribution < -0.4 is 0 Å². The monoisotopic (exact) mass is 307 g/mol. The maximum absolute atomic E-state index is 12.8. The van der Waals surface area contributed by atoms with Crippen molar-refractivity contribution in [3.63, 3.8) is 0 Å². The second kappa shape index (κ2) is 5.62. The third kappa shape index (κ3) is 3.09. The molecule has 0 radical (unpaired) electrons. The number of carbonyl (C=O) groups is 1. The molecule has 114 valence electrons. The number of nitrogens with zero attached hydrogens (tertiary/aromatic N) is 1. The van der Waals surface area contributed by atoms with E-state index in [9.17, 15) is 4.79 Å². The van der Waals surface area contributed by atoms with E-state index in [1.54, 1.807) is 0 Å². The molecule has 1 unspecified atom stereocenters. The third-order valence-corrected chi connectivity index (χ3v) is 4.63. The number of alkyl halides is 1. The maximum atomic E-state index is 12.8. The number of hydrogen-bond acceptors (Lipinski definition) is 2. The maximum Gasteiger partial charge on any atom is 0.254 e. The van der Waals surface area contributed by atoms with E-state index >= 15 is 0 Å². The highest BCUT2D eigenvalue weighted by Crippen LogP contribution is 2.26. The summed E-state index contributed by atoms with van der Waals surface area (Å²) < 4.78 is 5.89. The molecule has 3 rings (SSSR count). The van der Waals surface area contributed by atoms with Gasteiger partial charge < -0.3 is 9.64 Å². The van der Waals surface area contributed by atoms with Gasteiger partial charge in [-0.1, -0.05) is 6.07 Å². The lowest BCUT2D eigenvalue weighted by atomic mass is 10.0. The van der Waals surface area contributed by atoms with Crippen LogP contribution in [0.2, 0.25) is 0 Å². The molecule has 1 amide bonds. The minimum atomic E-state index is -0.343. The van der Waals surface area contributed by atoms with Gasteiger partial charge in [-0.25, -0.2) is 0 Å². The van der Waals surface area contributed by atoms with E-state index in [1.165, 1.54) is 17.5 Å². The fourth-order valence-electron chi connectivity index (χ4n) is 3.42. The molecule has 1 aromatic carbocycles. The largest absolute Gasteiger partial charge is 0.367 e. The van der Waals surface area contributed by atoms with Crippen molar-refractivity contribution in [3.05, 3.63) is 34.9 Å². The summed E-state index contributed by atoms with van der Waals surface area (Å²) in [5, 5.41) is 0. The minimum absolute atomic E-state index is 0.0891. The number of amides is 1. The van der Waals surface area contributed by atoms with Crippen molar-refractivity contribution >= 4 is 17.5 Å². The Balaban J connectivity index is 1.81. The summed E-state index contributed by atoms with van der Waals surface area (Å²) in [4.78, 5) is 14.7. The van der Waals surface area contributed by atoms with Crippen molar-refractivity contribution in [2.45, 2.75) is 44.8 Å². The smallest absolute Gasteiger partial charge is 0.254 e.